The highest BCUT2D eigenvalue weighted by Crippen LogP contribution is 2.29. The molecule has 0 aromatic heterocycles. The third-order valence-corrected chi connectivity index (χ3v) is 5.09. The molecule has 156 valence electrons. The zero-order valence-corrected chi connectivity index (χ0v) is 17.9. The Hall–Kier alpha value is -3.18. The Morgan fingerprint density at radius 3 is 2.33 bits per heavy atom. The third kappa shape index (κ3) is 5.24. The second-order valence-electron chi connectivity index (χ2n) is 6.71. The first kappa shape index (κ1) is 21.5. The highest BCUT2D eigenvalue weighted by atomic mass is 35.5. The normalized spacial score (nSPS) is 11.5. The summed E-state index contributed by atoms with van der Waals surface area (Å²) in [6, 6.07) is 19.8. The number of halogens is 1. The maximum Gasteiger partial charge on any atom is 0.251 e. The van der Waals surface area contributed by atoms with Gasteiger partial charge in [-0.1, -0.05) is 29.8 Å². The van der Waals surface area contributed by atoms with Crippen molar-refractivity contribution in [3.63, 3.8) is 0 Å². The minimum atomic E-state index is -0.265. The summed E-state index contributed by atoms with van der Waals surface area (Å²) in [5.41, 5.74) is 2.28. The zero-order valence-electron chi connectivity index (χ0n) is 17.1. The second kappa shape index (κ2) is 10.0. The number of benzene rings is 3. The van der Waals surface area contributed by atoms with Crippen molar-refractivity contribution in [3.05, 3.63) is 88.4 Å². The van der Waals surface area contributed by atoms with E-state index in [0.717, 1.165) is 11.1 Å². The van der Waals surface area contributed by atoms with Gasteiger partial charge in [0.05, 0.1) is 20.3 Å². The van der Waals surface area contributed by atoms with Gasteiger partial charge in [0.2, 0.25) is 0 Å². The summed E-state index contributed by atoms with van der Waals surface area (Å²) in [5, 5.41) is 3.65. The number of nitrogens with one attached hydrogen (secondary N) is 1. The fourth-order valence-corrected chi connectivity index (χ4v) is 3.20. The van der Waals surface area contributed by atoms with Crippen molar-refractivity contribution in [2.75, 3.05) is 14.2 Å². The molecule has 0 bridgehead atoms. The lowest BCUT2D eigenvalue weighted by Gasteiger charge is -2.18. The van der Waals surface area contributed by atoms with Gasteiger partial charge in [0.15, 0.2) is 0 Å². The van der Waals surface area contributed by atoms with E-state index in [1.807, 2.05) is 49.4 Å². The van der Waals surface area contributed by atoms with E-state index >= 15 is 0 Å². The molecule has 1 amide bonds. The first-order valence-corrected chi connectivity index (χ1v) is 9.88. The molecule has 0 saturated heterocycles. The average molecular weight is 426 g/mol. The van der Waals surface area contributed by atoms with Crippen LogP contribution in [0.3, 0.4) is 0 Å². The molecular formula is C24H24ClNO4. The molecule has 0 spiro atoms. The van der Waals surface area contributed by atoms with Crippen molar-refractivity contribution in [1.29, 1.82) is 0 Å². The van der Waals surface area contributed by atoms with Crippen LogP contribution >= 0.6 is 11.6 Å². The Labute approximate surface area is 181 Å². The fourth-order valence-electron chi connectivity index (χ4n) is 3.01. The van der Waals surface area contributed by atoms with Gasteiger partial charge < -0.3 is 19.5 Å². The highest BCUT2D eigenvalue weighted by Gasteiger charge is 2.16. The van der Waals surface area contributed by atoms with Crippen LogP contribution in [0.1, 0.15) is 34.5 Å². The lowest BCUT2D eigenvalue weighted by Crippen LogP contribution is -2.26. The van der Waals surface area contributed by atoms with Crippen LogP contribution in [0.5, 0.6) is 17.2 Å². The summed E-state index contributed by atoms with van der Waals surface area (Å²) in [4.78, 5) is 12.7. The molecule has 0 saturated carbocycles. The predicted octanol–water partition coefficient (Wildman–Crippen LogP) is 5.43. The molecule has 1 N–H and O–H groups in total. The van der Waals surface area contributed by atoms with Gasteiger partial charge in [-0.3, -0.25) is 4.79 Å². The van der Waals surface area contributed by atoms with Crippen LogP contribution in [0.15, 0.2) is 66.7 Å². The van der Waals surface area contributed by atoms with Crippen LogP contribution < -0.4 is 19.5 Å². The van der Waals surface area contributed by atoms with Gasteiger partial charge in [0, 0.05) is 21.7 Å². The molecule has 0 aliphatic heterocycles. The number of carbonyl (C=O) groups excluding carboxylic acids is 1. The van der Waals surface area contributed by atoms with Gasteiger partial charge in [-0.15, -0.1) is 0 Å². The maximum atomic E-state index is 12.7. The Balaban J connectivity index is 1.64. The number of ether oxygens (including phenoxy) is 3. The first-order valence-electron chi connectivity index (χ1n) is 9.51. The van der Waals surface area contributed by atoms with Crippen molar-refractivity contribution in [3.8, 4) is 17.2 Å². The van der Waals surface area contributed by atoms with E-state index in [9.17, 15) is 4.79 Å². The second-order valence-corrected chi connectivity index (χ2v) is 7.11. The van der Waals surface area contributed by atoms with E-state index in [-0.39, 0.29) is 11.9 Å². The number of rotatable bonds is 8. The monoisotopic (exact) mass is 425 g/mol. The van der Waals surface area contributed by atoms with Crippen molar-refractivity contribution < 1.29 is 19.0 Å². The maximum absolute atomic E-state index is 12.7. The van der Waals surface area contributed by atoms with E-state index in [4.69, 9.17) is 25.8 Å². The van der Waals surface area contributed by atoms with E-state index < -0.39 is 0 Å². The van der Waals surface area contributed by atoms with E-state index in [0.29, 0.717) is 34.4 Å². The van der Waals surface area contributed by atoms with Gasteiger partial charge in [0.25, 0.3) is 5.91 Å². The topological polar surface area (TPSA) is 56.8 Å². The van der Waals surface area contributed by atoms with Gasteiger partial charge in [-0.25, -0.2) is 0 Å². The number of methoxy groups -OCH3 is 2. The van der Waals surface area contributed by atoms with Crippen molar-refractivity contribution in [1.82, 2.24) is 5.32 Å². The van der Waals surface area contributed by atoms with Crippen molar-refractivity contribution in [2.24, 2.45) is 0 Å². The molecular weight excluding hydrogens is 402 g/mol. The zero-order chi connectivity index (χ0) is 21.5. The number of hydrogen-bond acceptors (Lipinski definition) is 4. The van der Waals surface area contributed by atoms with Crippen molar-refractivity contribution >= 4 is 17.5 Å². The Bertz CT molecular complexity index is 1000. The summed E-state index contributed by atoms with van der Waals surface area (Å²) in [6.45, 7) is 2.26. The van der Waals surface area contributed by atoms with Crippen molar-refractivity contribution in [2.45, 2.75) is 19.6 Å². The molecule has 0 aliphatic rings. The van der Waals surface area contributed by atoms with Gasteiger partial charge in [-0.2, -0.15) is 0 Å². The van der Waals surface area contributed by atoms with Gasteiger partial charge in [-0.05, 0) is 55.5 Å². The van der Waals surface area contributed by atoms with Gasteiger partial charge >= 0.3 is 0 Å². The molecule has 0 heterocycles. The predicted molar refractivity (Wildman–Crippen MR) is 118 cm³/mol. The minimum absolute atomic E-state index is 0.190. The molecule has 1 atom stereocenters. The Morgan fingerprint density at radius 2 is 1.67 bits per heavy atom. The molecule has 3 aromatic rings. The molecule has 0 aliphatic carbocycles. The van der Waals surface area contributed by atoms with Crippen LogP contribution in [0.2, 0.25) is 5.02 Å². The fraction of sp³-hybridized carbons (Fsp3) is 0.208. The molecule has 0 radical (unpaired) electrons. The quantitative estimate of drug-likeness (QED) is 0.523. The lowest BCUT2D eigenvalue weighted by atomic mass is 10.1. The highest BCUT2D eigenvalue weighted by molar-refractivity contribution is 6.31. The largest absolute Gasteiger partial charge is 0.497 e. The minimum Gasteiger partial charge on any atom is -0.497 e. The van der Waals surface area contributed by atoms with E-state index in [1.165, 1.54) is 0 Å². The molecule has 3 aromatic carbocycles. The summed E-state index contributed by atoms with van der Waals surface area (Å²) in [7, 11) is 3.20. The van der Waals surface area contributed by atoms with Crippen LogP contribution in [0.4, 0.5) is 0 Å². The summed E-state index contributed by atoms with van der Waals surface area (Å²) >= 11 is 6.15. The first-order chi connectivity index (χ1) is 14.5. The summed E-state index contributed by atoms with van der Waals surface area (Å²) in [5.74, 6) is 1.86. The molecule has 3 rings (SSSR count). The van der Waals surface area contributed by atoms with Crippen LogP contribution in [-0.4, -0.2) is 20.1 Å². The lowest BCUT2D eigenvalue weighted by molar-refractivity contribution is 0.0939. The summed E-state index contributed by atoms with van der Waals surface area (Å²) in [6.07, 6.45) is 0. The van der Waals surface area contributed by atoms with Crippen LogP contribution in [-0.2, 0) is 6.61 Å². The Kier molecular flexibility index (Phi) is 7.20. The van der Waals surface area contributed by atoms with E-state index in [1.54, 1.807) is 38.5 Å². The molecule has 0 fully saturated rings. The van der Waals surface area contributed by atoms with Gasteiger partial charge in [0.1, 0.15) is 23.9 Å². The SMILES string of the molecule is COc1ccc(OC)c(C(C)NC(=O)c2ccc(OCc3ccccc3Cl)cc2)c1. The van der Waals surface area contributed by atoms with Crippen LogP contribution in [0, 0.1) is 0 Å². The van der Waals surface area contributed by atoms with Crippen LogP contribution in [0.25, 0.3) is 0 Å². The van der Waals surface area contributed by atoms with E-state index in [2.05, 4.69) is 5.32 Å². The standard InChI is InChI=1S/C24H24ClNO4/c1-16(21-14-20(28-2)12-13-23(21)29-3)26-24(27)17-8-10-19(11-9-17)30-15-18-6-4-5-7-22(18)25/h4-14,16H,15H2,1-3H3,(H,26,27). The number of carbonyl (C=O) groups is 1. The molecule has 6 heteroatoms. The molecule has 30 heavy (non-hydrogen) atoms. The third-order valence-electron chi connectivity index (χ3n) is 4.72. The summed E-state index contributed by atoms with van der Waals surface area (Å²) < 4.78 is 16.5. The molecule has 1 unspecified atom stereocenters. The number of hydrogen-bond donors (Lipinski definition) is 1. The Morgan fingerprint density at radius 1 is 0.967 bits per heavy atom. The molecule has 5 nitrogen and oxygen atoms in total. The smallest absolute Gasteiger partial charge is 0.251 e. The number of amides is 1. The average Bonchev–Trinajstić information content (AvgIpc) is 2.78.